The van der Waals surface area contributed by atoms with E-state index < -0.39 is 24.2 Å². The first kappa shape index (κ1) is 23.4. The molecule has 2 fully saturated rings. The van der Waals surface area contributed by atoms with Gasteiger partial charge in [-0.1, -0.05) is 0 Å². The third-order valence-corrected chi connectivity index (χ3v) is 5.98. The molecule has 0 radical (unpaired) electrons. The van der Waals surface area contributed by atoms with Gasteiger partial charge in [-0.2, -0.15) is 13.2 Å². The molecule has 2 aliphatic rings. The van der Waals surface area contributed by atoms with Gasteiger partial charge in [0.1, 0.15) is 11.6 Å². The van der Waals surface area contributed by atoms with Crippen molar-refractivity contribution in [2.45, 2.75) is 57.8 Å². The number of carbonyl (C=O) groups excluding carboxylic acids is 1. The fraction of sp³-hybridized carbons (Fsp3) is 0.591. The second kappa shape index (κ2) is 9.64. The lowest BCUT2D eigenvalue weighted by atomic mass is 10.1. The van der Waals surface area contributed by atoms with Crippen molar-refractivity contribution in [3.05, 3.63) is 41.2 Å². The summed E-state index contributed by atoms with van der Waals surface area (Å²) in [6.07, 6.45) is -1.97. The van der Waals surface area contributed by atoms with Crippen LogP contribution in [0.3, 0.4) is 0 Å². The second-order valence-corrected chi connectivity index (χ2v) is 8.77. The highest BCUT2D eigenvalue weighted by atomic mass is 19.4. The average Bonchev–Trinajstić information content (AvgIpc) is 3.33. The highest BCUT2D eigenvalue weighted by Gasteiger charge is 2.33. The summed E-state index contributed by atoms with van der Waals surface area (Å²) in [5, 5.41) is 8.40. The maximum absolute atomic E-state index is 13.6. The Balaban J connectivity index is 1.60. The van der Waals surface area contributed by atoms with Crippen LogP contribution in [0.25, 0.3) is 0 Å². The number of likely N-dealkylation sites (tertiary alicyclic amines) is 1. The number of halogens is 5. The molecule has 0 atom stereocenters. The molecule has 6 nitrogen and oxygen atoms in total. The number of hydrogen-bond donors (Lipinski definition) is 0. The van der Waals surface area contributed by atoms with Crippen LogP contribution in [-0.2, 0) is 24.3 Å². The smallest absolute Gasteiger partial charge is 0.340 e. The van der Waals surface area contributed by atoms with Crippen LogP contribution in [-0.4, -0.2) is 51.4 Å². The van der Waals surface area contributed by atoms with Gasteiger partial charge in [0.2, 0.25) is 11.9 Å². The van der Waals surface area contributed by atoms with E-state index in [1.807, 2.05) is 0 Å². The van der Waals surface area contributed by atoms with Crippen molar-refractivity contribution in [2.24, 2.45) is 5.92 Å². The van der Waals surface area contributed by atoms with Crippen LogP contribution in [0.5, 0.6) is 0 Å². The number of nitrogens with zero attached hydrogens (tertiary/aromatic N) is 5. The summed E-state index contributed by atoms with van der Waals surface area (Å²) in [5.41, 5.74) is 0.416. The number of amides is 1. The molecule has 1 aromatic carbocycles. The molecule has 2 heterocycles. The van der Waals surface area contributed by atoms with E-state index in [4.69, 9.17) is 0 Å². The second-order valence-electron chi connectivity index (χ2n) is 8.77. The summed E-state index contributed by atoms with van der Waals surface area (Å²) < 4.78 is 67.8. The standard InChI is InChI=1S/C22H26F5N5O/c23-17-10-16(11-18(24)12-17)5-8-32-19(14-30-7-1-2-20(30)33)28-29-21(32)31(13-15-3-4-15)9-6-22(25,26)27/h10-12,15H,1-9,13-14H2. The van der Waals surface area contributed by atoms with Gasteiger partial charge in [-0.3, -0.25) is 9.36 Å². The molecular formula is C22H26F5N5O. The number of aryl methyl sites for hydroxylation is 1. The Hall–Kier alpha value is -2.72. The van der Waals surface area contributed by atoms with Crippen LogP contribution >= 0.6 is 0 Å². The molecule has 33 heavy (non-hydrogen) atoms. The molecular weight excluding hydrogens is 445 g/mol. The van der Waals surface area contributed by atoms with Crippen LogP contribution in [0.1, 0.15) is 43.5 Å². The number of alkyl halides is 3. The number of benzene rings is 1. The average molecular weight is 471 g/mol. The van der Waals surface area contributed by atoms with Gasteiger partial charge in [-0.05, 0) is 49.3 Å². The van der Waals surface area contributed by atoms with Crippen LogP contribution in [0.2, 0.25) is 0 Å². The highest BCUT2D eigenvalue weighted by Crippen LogP contribution is 2.32. The minimum absolute atomic E-state index is 0.00907. The molecule has 1 aliphatic heterocycles. The van der Waals surface area contributed by atoms with Gasteiger partial charge in [0.25, 0.3) is 0 Å². The van der Waals surface area contributed by atoms with Crippen molar-refractivity contribution in [1.29, 1.82) is 0 Å². The molecule has 0 bridgehead atoms. The Labute approximate surface area is 188 Å². The van der Waals surface area contributed by atoms with Gasteiger partial charge in [0, 0.05) is 38.7 Å². The minimum Gasteiger partial charge on any atom is -0.340 e. The van der Waals surface area contributed by atoms with Crippen LogP contribution in [0.15, 0.2) is 18.2 Å². The maximum atomic E-state index is 13.6. The Bertz CT molecular complexity index is 968. The zero-order chi connectivity index (χ0) is 23.6. The van der Waals surface area contributed by atoms with Crippen molar-refractivity contribution in [1.82, 2.24) is 19.7 Å². The molecule has 1 amide bonds. The summed E-state index contributed by atoms with van der Waals surface area (Å²) in [7, 11) is 0. The number of aromatic nitrogens is 3. The molecule has 1 aliphatic carbocycles. The Morgan fingerprint density at radius 3 is 2.42 bits per heavy atom. The summed E-state index contributed by atoms with van der Waals surface area (Å²) in [5.74, 6) is -0.348. The summed E-state index contributed by atoms with van der Waals surface area (Å²) in [4.78, 5) is 15.3. The molecule has 0 unspecified atom stereocenters. The van der Waals surface area contributed by atoms with Gasteiger partial charge in [0.15, 0.2) is 5.82 Å². The topological polar surface area (TPSA) is 54.3 Å². The predicted molar refractivity (Wildman–Crippen MR) is 110 cm³/mol. The fourth-order valence-electron chi connectivity index (χ4n) is 4.09. The molecule has 2 aromatic rings. The quantitative estimate of drug-likeness (QED) is 0.490. The molecule has 0 spiro atoms. The summed E-state index contributed by atoms with van der Waals surface area (Å²) >= 11 is 0. The Kier molecular flexibility index (Phi) is 6.85. The van der Waals surface area contributed by atoms with E-state index in [0.717, 1.165) is 25.3 Å². The Morgan fingerprint density at radius 2 is 1.82 bits per heavy atom. The minimum atomic E-state index is -4.31. The number of hydrogen-bond acceptors (Lipinski definition) is 4. The first-order chi connectivity index (χ1) is 15.7. The number of rotatable bonds is 10. The van der Waals surface area contributed by atoms with Gasteiger partial charge in [-0.15, -0.1) is 10.2 Å². The molecule has 0 N–H and O–H groups in total. The van der Waals surface area contributed by atoms with Crippen LogP contribution in [0.4, 0.5) is 27.9 Å². The largest absolute Gasteiger partial charge is 0.390 e. The zero-order valence-electron chi connectivity index (χ0n) is 18.1. The van der Waals surface area contributed by atoms with Crippen LogP contribution in [0, 0.1) is 17.6 Å². The third kappa shape index (κ3) is 6.42. The van der Waals surface area contributed by atoms with Crippen molar-refractivity contribution in [2.75, 3.05) is 24.5 Å². The van der Waals surface area contributed by atoms with E-state index in [-0.39, 0.29) is 32.0 Å². The molecule has 4 rings (SSSR count). The van der Waals surface area contributed by atoms with E-state index in [2.05, 4.69) is 10.2 Å². The molecule has 180 valence electrons. The van der Waals surface area contributed by atoms with Gasteiger partial charge >= 0.3 is 6.18 Å². The van der Waals surface area contributed by atoms with Crippen molar-refractivity contribution in [3.8, 4) is 0 Å². The lowest BCUT2D eigenvalue weighted by Gasteiger charge is -2.25. The van der Waals surface area contributed by atoms with Crippen molar-refractivity contribution in [3.63, 3.8) is 0 Å². The lowest BCUT2D eigenvalue weighted by molar-refractivity contribution is -0.132. The first-order valence-corrected chi connectivity index (χ1v) is 11.1. The molecule has 1 saturated heterocycles. The number of carbonyl (C=O) groups is 1. The normalized spacial score (nSPS) is 16.6. The third-order valence-electron chi connectivity index (χ3n) is 5.98. The zero-order valence-corrected chi connectivity index (χ0v) is 18.1. The first-order valence-electron chi connectivity index (χ1n) is 11.1. The predicted octanol–water partition coefficient (Wildman–Crippen LogP) is 4.09. The van der Waals surface area contributed by atoms with E-state index >= 15 is 0 Å². The monoisotopic (exact) mass is 471 g/mol. The molecule has 11 heteroatoms. The van der Waals surface area contributed by atoms with Gasteiger partial charge < -0.3 is 9.80 Å². The van der Waals surface area contributed by atoms with Gasteiger partial charge in [0.05, 0.1) is 13.0 Å². The van der Waals surface area contributed by atoms with Crippen molar-refractivity contribution >= 4 is 11.9 Å². The van der Waals surface area contributed by atoms with Crippen LogP contribution < -0.4 is 4.90 Å². The molecule has 1 saturated carbocycles. The van der Waals surface area contributed by atoms with Crippen molar-refractivity contribution < 1.29 is 26.7 Å². The van der Waals surface area contributed by atoms with Gasteiger partial charge in [-0.25, -0.2) is 8.78 Å². The van der Waals surface area contributed by atoms with E-state index in [1.165, 1.54) is 12.1 Å². The SMILES string of the molecule is O=C1CCCN1Cc1nnc(N(CCC(F)(F)F)CC2CC2)n1CCc1cc(F)cc(F)c1. The fourth-order valence-corrected chi connectivity index (χ4v) is 4.09. The van der Waals surface area contributed by atoms with E-state index in [0.29, 0.717) is 42.8 Å². The summed E-state index contributed by atoms with van der Waals surface area (Å²) in [6.45, 7) is 1.17. The van der Waals surface area contributed by atoms with E-state index in [9.17, 15) is 26.7 Å². The lowest BCUT2D eigenvalue weighted by Crippen LogP contribution is -2.33. The highest BCUT2D eigenvalue weighted by molar-refractivity contribution is 5.77. The Morgan fingerprint density at radius 1 is 1.09 bits per heavy atom. The van der Waals surface area contributed by atoms with E-state index in [1.54, 1.807) is 14.4 Å². The maximum Gasteiger partial charge on any atom is 0.390 e. The number of anilines is 1. The molecule has 1 aromatic heterocycles. The summed E-state index contributed by atoms with van der Waals surface area (Å²) in [6, 6.07) is 3.23.